The van der Waals surface area contributed by atoms with Crippen molar-refractivity contribution in [2.45, 2.75) is 13.2 Å². The van der Waals surface area contributed by atoms with E-state index in [-0.39, 0.29) is 13.2 Å². The molecule has 0 saturated heterocycles. The Bertz CT molecular complexity index is 493. The van der Waals surface area contributed by atoms with Crippen LogP contribution in [-0.4, -0.2) is 36.3 Å². The Kier molecular flexibility index (Phi) is 5.88. The second-order valence-electron chi connectivity index (χ2n) is 3.61. The van der Waals surface area contributed by atoms with Gasteiger partial charge >= 0.3 is 12.2 Å². The summed E-state index contributed by atoms with van der Waals surface area (Å²) >= 11 is 0. The number of hydrogen-bond donors (Lipinski definition) is 1. The summed E-state index contributed by atoms with van der Waals surface area (Å²) in [5.41, 5.74) is 0.958. The van der Waals surface area contributed by atoms with Crippen LogP contribution in [0.5, 0.6) is 0 Å². The average molecular weight is 282 g/mol. The molecule has 0 aromatic carbocycles. The van der Waals surface area contributed by atoms with Crippen LogP contribution in [-0.2, 0) is 22.7 Å². The summed E-state index contributed by atoms with van der Waals surface area (Å²) in [7, 11) is 2.62. The van der Waals surface area contributed by atoms with Gasteiger partial charge in [0.25, 0.3) is 0 Å². The second-order valence-corrected chi connectivity index (χ2v) is 3.61. The van der Waals surface area contributed by atoms with E-state index >= 15 is 0 Å². The van der Waals surface area contributed by atoms with E-state index in [1.165, 1.54) is 14.1 Å². The fourth-order valence-electron chi connectivity index (χ4n) is 1.16. The molecular formula is C11H14N4O5. The van der Waals surface area contributed by atoms with Crippen molar-refractivity contribution in [2.24, 2.45) is 5.29 Å². The molecule has 1 N–H and O–H groups in total. The van der Waals surface area contributed by atoms with Gasteiger partial charge in [-0.3, -0.25) is 4.98 Å². The predicted octanol–water partition coefficient (Wildman–Crippen LogP) is 1.19. The molecule has 0 aliphatic carbocycles. The number of aromatic nitrogens is 1. The Morgan fingerprint density at radius 1 is 1.30 bits per heavy atom. The number of ether oxygens (including phenoxy) is 2. The van der Waals surface area contributed by atoms with E-state index in [2.05, 4.69) is 15.6 Å². The van der Waals surface area contributed by atoms with Crippen LogP contribution in [0.2, 0.25) is 0 Å². The Labute approximate surface area is 114 Å². The molecule has 2 amide bonds. The molecule has 1 rings (SSSR count). The largest absolute Gasteiger partial charge is 0.443 e. The van der Waals surface area contributed by atoms with Crippen molar-refractivity contribution in [1.82, 2.24) is 15.3 Å². The van der Waals surface area contributed by atoms with Gasteiger partial charge in [-0.1, -0.05) is 6.07 Å². The van der Waals surface area contributed by atoms with E-state index in [4.69, 9.17) is 9.47 Å². The van der Waals surface area contributed by atoms with Gasteiger partial charge in [-0.2, -0.15) is 5.01 Å². The fraction of sp³-hybridized carbons (Fsp3) is 0.364. The van der Waals surface area contributed by atoms with E-state index in [9.17, 15) is 14.5 Å². The summed E-state index contributed by atoms with van der Waals surface area (Å²) in [5, 5.41) is 5.23. The molecule has 1 heterocycles. The van der Waals surface area contributed by atoms with Crippen molar-refractivity contribution in [2.75, 3.05) is 14.1 Å². The molecular weight excluding hydrogens is 268 g/mol. The zero-order chi connectivity index (χ0) is 15.0. The minimum atomic E-state index is -0.881. The molecule has 108 valence electrons. The first-order valence-corrected chi connectivity index (χ1v) is 5.60. The third-order valence-corrected chi connectivity index (χ3v) is 2.15. The lowest BCUT2D eigenvalue weighted by Crippen LogP contribution is -2.21. The van der Waals surface area contributed by atoms with E-state index in [1.807, 2.05) is 0 Å². The number of carbonyl (C=O) groups is 2. The monoisotopic (exact) mass is 282 g/mol. The Morgan fingerprint density at radius 3 is 2.45 bits per heavy atom. The highest BCUT2D eigenvalue weighted by atomic mass is 16.6. The zero-order valence-corrected chi connectivity index (χ0v) is 11.0. The maximum absolute atomic E-state index is 11.2. The first-order chi connectivity index (χ1) is 9.56. The van der Waals surface area contributed by atoms with Crippen LogP contribution in [0, 0.1) is 4.91 Å². The minimum absolute atomic E-state index is 0.00272. The number of nitrogens with zero attached hydrogens (tertiary/aromatic N) is 3. The molecule has 0 radical (unpaired) electrons. The molecule has 9 heteroatoms. The van der Waals surface area contributed by atoms with Gasteiger partial charge in [0, 0.05) is 14.1 Å². The van der Waals surface area contributed by atoms with Crippen LogP contribution in [0.25, 0.3) is 0 Å². The third-order valence-electron chi connectivity index (χ3n) is 2.15. The Hall–Kier alpha value is -2.71. The van der Waals surface area contributed by atoms with Crippen molar-refractivity contribution in [3.63, 3.8) is 0 Å². The molecule has 20 heavy (non-hydrogen) atoms. The maximum Gasteiger partial charge on any atom is 0.433 e. The van der Waals surface area contributed by atoms with Crippen LogP contribution in [0.1, 0.15) is 11.4 Å². The number of nitroso groups, excluding NO2 is 1. The molecule has 0 atom stereocenters. The summed E-state index contributed by atoms with van der Waals surface area (Å²) in [6.45, 7) is -0.121. The topological polar surface area (TPSA) is 110 Å². The molecule has 1 aromatic heterocycles. The van der Waals surface area contributed by atoms with Crippen molar-refractivity contribution in [1.29, 1.82) is 0 Å². The molecule has 0 saturated carbocycles. The Morgan fingerprint density at radius 2 is 1.90 bits per heavy atom. The van der Waals surface area contributed by atoms with Gasteiger partial charge in [0.1, 0.15) is 13.2 Å². The number of pyridine rings is 1. The van der Waals surface area contributed by atoms with Crippen molar-refractivity contribution in [3.8, 4) is 0 Å². The molecule has 0 fully saturated rings. The predicted molar refractivity (Wildman–Crippen MR) is 67.2 cm³/mol. The summed E-state index contributed by atoms with van der Waals surface area (Å²) in [6.07, 6.45) is -1.45. The third kappa shape index (κ3) is 4.88. The number of rotatable bonds is 5. The number of carbonyl (C=O) groups excluding carboxylic acids is 2. The number of amides is 2. The van der Waals surface area contributed by atoms with Crippen LogP contribution in [0.4, 0.5) is 9.59 Å². The van der Waals surface area contributed by atoms with Gasteiger partial charge in [0.05, 0.1) is 16.7 Å². The quantitative estimate of drug-likeness (QED) is 0.641. The summed E-state index contributed by atoms with van der Waals surface area (Å²) in [5.74, 6) is 0. The molecule has 0 aliphatic rings. The number of nitrogens with one attached hydrogen (secondary N) is 1. The first-order valence-electron chi connectivity index (χ1n) is 5.60. The van der Waals surface area contributed by atoms with E-state index in [0.717, 1.165) is 0 Å². The van der Waals surface area contributed by atoms with Gasteiger partial charge in [-0.05, 0) is 12.1 Å². The highest BCUT2D eigenvalue weighted by molar-refractivity contribution is 5.67. The lowest BCUT2D eigenvalue weighted by atomic mass is 10.3. The second kappa shape index (κ2) is 7.67. The summed E-state index contributed by atoms with van der Waals surface area (Å²) in [6, 6.07) is 4.97. The molecule has 1 aromatic rings. The molecule has 0 spiro atoms. The van der Waals surface area contributed by atoms with Gasteiger partial charge in [0.15, 0.2) is 0 Å². The van der Waals surface area contributed by atoms with E-state index < -0.39 is 12.2 Å². The maximum atomic E-state index is 11.2. The van der Waals surface area contributed by atoms with Crippen molar-refractivity contribution < 1.29 is 19.1 Å². The fourth-order valence-corrected chi connectivity index (χ4v) is 1.16. The highest BCUT2D eigenvalue weighted by Crippen LogP contribution is 2.04. The molecule has 9 nitrogen and oxygen atoms in total. The molecule has 0 unspecified atom stereocenters. The standard InChI is InChI=1S/C11H14N4O5/c1-12-10(16)19-6-8-4-3-5-9(13-8)7-20-11(17)15(2)14-18/h3-5H,6-7H2,1-2H3,(H,12,16). The normalized spacial score (nSPS) is 9.50. The van der Waals surface area contributed by atoms with Gasteiger partial charge in [0.2, 0.25) is 0 Å². The molecule has 0 bridgehead atoms. The molecule has 0 aliphatic heterocycles. The Balaban J connectivity index is 2.53. The lowest BCUT2D eigenvalue weighted by molar-refractivity contribution is 0.104. The van der Waals surface area contributed by atoms with Crippen LogP contribution >= 0.6 is 0 Å². The van der Waals surface area contributed by atoms with Crippen molar-refractivity contribution >= 4 is 12.2 Å². The van der Waals surface area contributed by atoms with Gasteiger partial charge in [-0.25, -0.2) is 9.59 Å². The van der Waals surface area contributed by atoms with Crippen LogP contribution in [0.3, 0.4) is 0 Å². The van der Waals surface area contributed by atoms with Gasteiger partial charge in [-0.15, -0.1) is 4.91 Å². The average Bonchev–Trinajstić information content (AvgIpc) is 2.49. The SMILES string of the molecule is CNC(=O)OCc1cccc(COC(=O)N(C)N=O)n1. The van der Waals surface area contributed by atoms with E-state index in [0.29, 0.717) is 16.4 Å². The zero-order valence-electron chi connectivity index (χ0n) is 11.0. The highest BCUT2D eigenvalue weighted by Gasteiger charge is 2.10. The van der Waals surface area contributed by atoms with Crippen LogP contribution < -0.4 is 5.32 Å². The summed E-state index contributed by atoms with van der Waals surface area (Å²) < 4.78 is 9.62. The first kappa shape index (κ1) is 15.3. The summed E-state index contributed by atoms with van der Waals surface area (Å²) in [4.78, 5) is 36.3. The van der Waals surface area contributed by atoms with E-state index in [1.54, 1.807) is 18.2 Å². The number of hydrogen-bond acceptors (Lipinski definition) is 7. The lowest BCUT2D eigenvalue weighted by Gasteiger charge is -2.09. The van der Waals surface area contributed by atoms with Gasteiger partial charge < -0.3 is 14.8 Å². The van der Waals surface area contributed by atoms with Crippen LogP contribution in [0.15, 0.2) is 23.5 Å². The minimum Gasteiger partial charge on any atom is -0.443 e. The van der Waals surface area contributed by atoms with Crippen molar-refractivity contribution in [3.05, 3.63) is 34.5 Å². The number of alkyl carbamates (subject to hydrolysis) is 1. The smallest absolute Gasteiger partial charge is 0.433 e.